The van der Waals surface area contributed by atoms with Crippen molar-refractivity contribution in [3.8, 4) is 0 Å². The Labute approximate surface area is 76.3 Å². The summed E-state index contributed by atoms with van der Waals surface area (Å²) in [6.07, 6.45) is -5.08. The molecule has 0 aromatic carbocycles. The van der Waals surface area contributed by atoms with Crippen molar-refractivity contribution in [1.29, 1.82) is 0 Å². The van der Waals surface area contributed by atoms with Crippen LogP contribution >= 0.6 is 0 Å². The maximum absolute atomic E-state index is 10.6. The van der Waals surface area contributed by atoms with Gasteiger partial charge in [0.05, 0.1) is 0 Å². The van der Waals surface area contributed by atoms with Crippen molar-refractivity contribution < 1.29 is 33.0 Å². The third kappa shape index (κ3) is 8.74. The van der Waals surface area contributed by atoms with E-state index in [0.717, 1.165) is 0 Å². The predicted octanol–water partition coefficient (Wildman–Crippen LogP) is -1.01. The fraction of sp³-hybridized carbons (Fsp3) is 0.600. The van der Waals surface area contributed by atoms with Crippen LogP contribution in [0.2, 0.25) is 0 Å². The van der Waals surface area contributed by atoms with E-state index in [2.05, 4.69) is 0 Å². The van der Waals surface area contributed by atoms with E-state index in [-0.39, 0.29) is 6.54 Å². The second-order valence-corrected chi connectivity index (χ2v) is 1.98. The van der Waals surface area contributed by atoms with Gasteiger partial charge in [0.25, 0.3) is 0 Å². The average molecular weight is 218 g/mol. The SMILES string of the molecule is NC[C@H](N)C(=O)O.O=C(O)C(F)(F)F. The number of halogens is 3. The van der Waals surface area contributed by atoms with E-state index in [1.165, 1.54) is 0 Å². The van der Waals surface area contributed by atoms with E-state index in [0.29, 0.717) is 0 Å². The molecule has 6 N–H and O–H groups in total. The molecule has 9 heteroatoms. The first kappa shape index (κ1) is 15.1. The summed E-state index contributed by atoms with van der Waals surface area (Å²) in [4.78, 5) is 18.6. The minimum atomic E-state index is -5.08. The van der Waals surface area contributed by atoms with Gasteiger partial charge in [-0.1, -0.05) is 0 Å². The van der Waals surface area contributed by atoms with Gasteiger partial charge in [0.15, 0.2) is 0 Å². The van der Waals surface area contributed by atoms with Gasteiger partial charge in [-0.15, -0.1) is 0 Å². The van der Waals surface area contributed by atoms with Crippen LogP contribution in [0.3, 0.4) is 0 Å². The minimum Gasteiger partial charge on any atom is -0.480 e. The van der Waals surface area contributed by atoms with E-state index in [4.69, 9.17) is 26.5 Å². The fourth-order valence-corrected chi connectivity index (χ4v) is 0.101. The van der Waals surface area contributed by atoms with Gasteiger partial charge in [-0.2, -0.15) is 13.2 Å². The highest BCUT2D eigenvalue weighted by atomic mass is 19.4. The van der Waals surface area contributed by atoms with E-state index in [1.807, 2.05) is 0 Å². The average Bonchev–Trinajstić information content (AvgIpc) is 2.02. The first-order valence-electron chi connectivity index (χ1n) is 3.11. The zero-order chi connectivity index (χ0) is 11.9. The Balaban J connectivity index is 0. The molecule has 0 rings (SSSR count). The zero-order valence-corrected chi connectivity index (χ0v) is 6.78. The van der Waals surface area contributed by atoms with Gasteiger partial charge < -0.3 is 21.7 Å². The predicted molar refractivity (Wildman–Crippen MR) is 38.4 cm³/mol. The molecule has 0 aliphatic rings. The van der Waals surface area contributed by atoms with Crippen molar-refractivity contribution in [3.63, 3.8) is 0 Å². The van der Waals surface area contributed by atoms with Crippen molar-refractivity contribution in [2.24, 2.45) is 11.5 Å². The molecule has 0 aliphatic carbocycles. The lowest BCUT2D eigenvalue weighted by Gasteiger charge is -1.97. The Morgan fingerprint density at radius 1 is 1.29 bits per heavy atom. The molecular formula is C5H9F3N2O4. The molecule has 0 aromatic rings. The van der Waals surface area contributed by atoms with Crippen molar-refractivity contribution in [1.82, 2.24) is 0 Å². The molecule has 0 spiro atoms. The Morgan fingerprint density at radius 3 is 1.57 bits per heavy atom. The molecule has 6 nitrogen and oxygen atoms in total. The summed E-state index contributed by atoms with van der Waals surface area (Å²) in [6.45, 7) is -0.00463. The van der Waals surface area contributed by atoms with E-state index >= 15 is 0 Å². The number of nitrogens with two attached hydrogens (primary N) is 2. The second-order valence-electron chi connectivity index (χ2n) is 1.98. The van der Waals surface area contributed by atoms with Gasteiger partial charge in [0, 0.05) is 6.54 Å². The number of hydrogen-bond acceptors (Lipinski definition) is 4. The van der Waals surface area contributed by atoms with Crippen LogP contribution in [0.15, 0.2) is 0 Å². The lowest BCUT2D eigenvalue weighted by molar-refractivity contribution is -0.192. The van der Waals surface area contributed by atoms with Gasteiger partial charge in [0.1, 0.15) is 6.04 Å². The third-order valence-electron chi connectivity index (χ3n) is 0.814. The maximum Gasteiger partial charge on any atom is 0.490 e. The Hall–Kier alpha value is -1.35. The number of carbonyl (C=O) groups is 2. The number of carboxylic acid groups (broad SMARTS) is 2. The summed E-state index contributed by atoms with van der Waals surface area (Å²) in [5.74, 6) is -3.81. The highest BCUT2D eigenvalue weighted by Gasteiger charge is 2.38. The van der Waals surface area contributed by atoms with Crippen molar-refractivity contribution in [2.75, 3.05) is 6.54 Å². The van der Waals surface area contributed by atoms with Crippen molar-refractivity contribution in [3.05, 3.63) is 0 Å². The highest BCUT2D eigenvalue weighted by molar-refractivity contribution is 5.73. The first-order chi connectivity index (χ1) is 6.12. The molecular weight excluding hydrogens is 209 g/mol. The molecule has 0 saturated heterocycles. The molecule has 84 valence electrons. The van der Waals surface area contributed by atoms with E-state index < -0.39 is 24.2 Å². The Bertz CT molecular complexity index is 206. The normalized spacial score (nSPS) is 12.4. The lowest BCUT2D eigenvalue weighted by Crippen LogP contribution is -2.37. The number of hydrogen-bond donors (Lipinski definition) is 4. The molecule has 0 aromatic heterocycles. The van der Waals surface area contributed by atoms with Crippen molar-refractivity contribution in [2.45, 2.75) is 12.2 Å². The number of rotatable bonds is 2. The molecule has 0 bridgehead atoms. The Morgan fingerprint density at radius 2 is 1.57 bits per heavy atom. The van der Waals surface area contributed by atoms with Gasteiger partial charge in [-0.05, 0) is 0 Å². The third-order valence-corrected chi connectivity index (χ3v) is 0.814. The number of carboxylic acids is 2. The number of alkyl halides is 3. The number of aliphatic carboxylic acids is 2. The monoisotopic (exact) mass is 218 g/mol. The van der Waals surface area contributed by atoms with Gasteiger partial charge in [-0.3, -0.25) is 4.79 Å². The molecule has 0 amide bonds. The van der Waals surface area contributed by atoms with Crippen LogP contribution in [0.1, 0.15) is 0 Å². The van der Waals surface area contributed by atoms with Gasteiger partial charge in [-0.25, -0.2) is 4.79 Å². The smallest absolute Gasteiger partial charge is 0.480 e. The fourth-order valence-electron chi connectivity index (χ4n) is 0.101. The van der Waals surface area contributed by atoms with Crippen LogP contribution in [-0.2, 0) is 9.59 Å². The molecule has 0 saturated carbocycles. The standard InChI is InChI=1S/C3H8N2O2.C2HF3O2/c4-1-2(5)3(6)7;3-2(4,5)1(6)7/h2H,1,4-5H2,(H,6,7);(H,6,7)/t2-;/m0./s1. The zero-order valence-electron chi connectivity index (χ0n) is 6.78. The first-order valence-corrected chi connectivity index (χ1v) is 3.11. The molecule has 0 aliphatic heterocycles. The van der Waals surface area contributed by atoms with Crippen LogP contribution < -0.4 is 11.5 Å². The van der Waals surface area contributed by atoms with Gasteiger partial charge >= 0.3 is 18.1 Å². The summed E-state index contributed by atoms with van der Waals surface area (Å²) in [7, 11) is 0. The van der Waals surface area contributed by atoms with Crippen LogP contribution in [-0.4, -0.2) is 40.9 Å². The molecule has 14 heavy (non-hydrogen) atoms. The minimum absolute atomic E-state index is 0.00463. The lowest BCUT2D eigenvalue weighted by atomic mass is 10.3. The summed E-state index contributed by atoms with van der Waals surface area (Å²) in [6, 6.07) is -0.903. The summed E-state index contributed by atoms with van der Waals surface area (Å²) in [5, 5.41) is 15.1. The summed E-state index contributed by atoms with van der Waals surface area (Å²) in [5.41, 5.74) is 9.76. The second kappa shape index (κ2) is 6.16. The molecule has 0 unspecified atom stereocenters. The molecule has 0 heterocycles. The summed E-state index contributed by atoms with van der Waals surface area (Å²) < 4.78 is 31.7. The van der Waals surface area contributed by atoms with E-state index in [1.54, 1.807) is 0 Å². The van der Waals surface area contributed by atoms with E-state index in [9.17, 15) is 18.0 Å². The quantitative estimate of drug-likeness (QED) is 0.470. The topological polar surface area (TPSA) is 127 Å². The maximum atomic E-state index is 10.6. The van der Waals surface area contributed by atoms with Crippen LogP contribution in [0.5, 0.6) is 0 Å². The molecule has 0 radical (unpaired) electrons. The molecule has 0 fully saturated rings. The molecule has 1 atom stereocenters. The van der Waals surface area contributed by atoms with Crippen molar-refractivity contribution >= 4 is 11.9 Å². The van der Waals surface area contributed by atoms with Crippen LogP contribution in [0.4, 0.5) is 13.2 Å². The largest absolute Gasteiger partial charge is 0.490 e. The highest BCUT2D eigenvalue weighted by Crippen LogP contribution is 2.13. The van der Waals surface area contributed by atoms with Gasteiger partial charge in [0.2, 0.25) is 0 Å². The van der Waals surface area contributed by atoms with Crippen LogP contribution in [0, 0.1) is 0 Å². The van der Waals surface area contributed by atoms with Crippen LogP contribution in [0.25, 0.3) is 0 Å². The Kier molecular flexibility index (Phi) is 6.66. The summed E-state index contributed by atoms with van der Waals surface area (Å²) >= 11 is 0.